The van der Waals surface area contributed by atoms with Gasteiger partial charge in [-0.1, -0.05) is 74.5 Å². The lowest BCUT2D eigenvalue weighted by Gasteiger charge is -2.20. The number of hydrogen-bond acceptors (Lipinski definition) is 4. The van der Waals surface area contributed by atoms with E-state index < -0.39 is 6.10 Å². The van der Waals surface area contributed by atoms with Gasteiger partial charge in [0, 0.05) is 12.6 Å². The van der Waals surface area contributed by atoms with Crippen molar-refractivity contribution in [2.75, 3.05) is 32.8 Å². The van der Waals surface area contributed by atoms with Crippen molar-refractivity contribution in [3.63, 3.8) is 0 Å². The standard InChI is InChI=1S/C23H29NO3/c1-3-24(4-2)17-18-26-19-22(21-13-9-6-10-14-21)27-23(25)16-15-20-11-7-5-8-12-20/h5-16,22H,3-4,17-19H2,1-2H3/b16-15+. The third kappa shape index (κ3) is 7.77. The highest BCUT2D eigenvalue weighted by molar-refractivity contribution is 5.87. The summed E-state index contributed by atoms with van der Waals surface area (Å²) in [4.78, 5) is 14.6. The smallest absolute Gasteiger partial charge is 0.331 e. The van der Waals surface area contributed by atoms with E-state index in [4.69, 9.17) is 9.47 Å². The maximum Gasteiger partial charge on any atom is 0.331 e. The van der Waals surface area contributed by atoms with Crippen LogP contribution in [0.1, 0.15) is 31.1 Å². The first kappa shape index (κ1) is 20.9. The molecule has 0 saturated carbocycles. The van der Waals surface area contributed by atoms with Crippen molar-refractivity contribution in [3.8, 4) is 0 Å². The Hall–Kier alpha value is -2.43. The molecule has 0 aromatic heterocycles. The lowest BCUT2D eigenvalue weighted by atomic mass is 10.1. The van der Waals surface area contributed by atoms with Crippen LogP contribution in [0, 0.1) is 0 Å². The van der Waals surface area contributed by atoms with Crippen LogP contribution in [0.3, 0.4) is 0 Å². The van der Waals surface area contributed by atoms with Gasteiger partial charge in [-0.05, 0) is 30.3 Å². The van der Waals surface area contributed by atoms with Gasteiger partial charge in [0.25, 0.3) is 0 Å². The molecule has 0 saturated heterocycles. The van der Waals surface area contributed by atoms with Gasteiger partial charge in [-0.15, -0.1) is 0 Å². The maximum absolute atomic E-state index is 12.3. The minimum atomic E-state index is -0.421. The van der Waals surface area contributed by atoms with Crippen LogP contribution in [-0.2, 0) is 14.3 Å². The van der Waals surface area contributed by atoms with Crippen LogP contribution in [0.5, 0.6) is 0 Å². The zero-order valence-corrected chi connectivity index (χ0v) is 16.2. The number of carbonyl (C=O) groups is 1. The summed E-state index contributed by atoms with van der Waals surface area (Å²) >= 11 is 0. The summed E-state index contributed by atoms with van der Waals surface area (Å²) < 4.78 is 11.5. The Morgan fingerprint density at radius 3 is 2.26 bits per heavy atom. The fourth-order valence-corrected chi connectivity index (χ4v) is 2.70. The van der Waals surface area contributed by atoms with E-state index in [1.54, 1.807) is 6.08 Å². The van der Waals surface area contributed by atoms with Crippen LogP contribution >= 0.6 is 0 Å². The highest BCUT2D eigenvalue weighted by Crippen LogP contribution is 2.18. The highest BCUT2D eigenvalue weighted by Gasteiger charge is 2.16. The van der Waals surface area contributed by atoms with E-state index in [9.17, 15) is 4.79 Å². The number of carbonyl (C=O) groups excluding carboxylic acids is 1. The number of likely N-dealkylation sites (N-methyl/N-ethyl adjacent to an activating group) is 1. The summed E-state index contributed by atoms with van der Waals surface area (Å²) in [5.74, 6) is -0.375. The van der Waals surface area contributed by atoms with E-state index in [0.29, 0.717) is 13.2 Å². The Balaban J connectivity index is 1.92. The first-order valence-corrected chi connectivity index (χ1v) is 9.51. The molecule has 4 nitrogen and oxygen atoms in total. The Bertz CT molecular complexity index is 681. The van der Waals surface area contributed by atoms with Crippen LogP contribution in [0.4, 0.5) is 0 Å². The van der Waals surface area contributed by atoms with Crippen LogP contribution < -0.4 is 0 Å². The Morgan fingerprint density at radius 2 is 1.63 bits per heavy atom. The second kappa shape index (κ2) is 12.0. The molecule has 0 radical (unpaired) electrons. The normalized spacial score (nSPS) is 12.4. The first-order valence-electron chi connectivity index (χ1n) is 9.51. The molecular weight excluding hydrogens is 338 g/mol. The average Bonchev–Trinajstić information content (AvgIpc) is 2.73. The summed E-state index contributed by atoms with van der Waals surface area (Å²) in [6, 6.07) is 19.4. The molecule has 144 valence electrons. The van der Waals surface area contributed by atoms with Gasteiger partial charge >= 0.3 is 5.97 Å². The lowest BCUT2D eigenvalue weighted by molar-refractivity contribution is -0.146. The Labute approximate surface area is 162 Å². The molecule has 27 heavy (non-hydrogen) atoms. The van der Waals surface area contributed by atoms with Crippen molar-refractivity contribution in [3.05, 3.63) is 77.9 Å². The molecule has 0 N–H and O–H groups in total. The first-order chi connectivity index (χ1) is 13.2. The van der Waals surface area contributed by atoms with E-state index in [-0.39, 0.29) is 5.97 Å². The van der Waals surface area contributed by atoms with Gasteiger partial charge < -0.3 is 14.4 Å². The van der Waals surface area contributed by atoms with E-state index in [1.807, 2.05) is 60.7 Å². The molecule has 0 amide bonds. The van der Waals surface area contributed by atoms with Crippen LogP contribution in [0.2, 0.25) is 0 Å². The van der Waals surface area contributed by atoms with E-state index in [0.717, 1.165) is 30.8 Å². The Kier molecular flexibility index (Phi) is 9.31. The predicted molar refractivity (Wildman–Crippen MR) is 109 cm³/mol. The molecule has 4 heteroatoms. The van der Waals surface area contributed by atoms with Crippen LogP contribution in [0.15, 0.2) is 66.7 Å². The number of nitrogens with zero attached hydrogens (tertiary/aromatic N) is 1. The topological polar surface area (TPSA) is 38.8 Å². The number of rotatable bonds is 11. The molecule has 0 spiro atoms. The molecule has 2 rings (SSSR count). The van der Waals surface area contributed by atoms with Crippen LogP contribution in [0.25, 0.3) is 6.08 Å². The molecule has 0 aliphatic rings. The molecule has 0 heterocycles. The zero-order valence-electron chi connectivity index (χ0n) is 16.2. The minimum absolute atomic E-state index is 0.343. The second-order valence-electron chi connectivity index (χ2n) is 6.18. The molecule has 1 atom stereocenters. The summed E-state index contributed by atoms with van der Waals surface area (Å²) in [7, 11) is 0. The SMILES string of the molecule is CCN(CC)CCOCC(OC(=O)/C=C/c1ccccc1)c1ccccc1. The summed E-state index contributed by atoms with van der Waals surface area (Å²) in [5, 5.41) is 0. The molecular formula is C23H29NO3. The van der Waals surface area contributed by atoms with Crippen LogP contribution in [-0.4, -0.2) is 43.7 Å². The monoisotopic (exact) mass is 367 g/mol. The molecule has 0 fully saturated rings. The maximum atomic E-state index is 12.3. The molecule has 2 aromatic carbocycles. The van der Waals surface area contributed by atoms with Gasteiger partial charge in [0.1, 0.15) is 0 Å². The lowest BCUT2D eigenvalue weighted by Crippen LogP contribution is -2.28. The van der Waals surface area contributed by atoms with Gasteiger partial charge in [-0.3, -0.25) is 0 Å². The van der Waals surface area contributed by atoms with Crippen molar-refractivity contribution >= 4 is 12.0 Å². The van der Waals surface area contributed by atoms with Gasteiger partial charge in [-0.25, -0.2) is 4.79 Å². The third-order valence-electron chi connectivity index (χ3n) is 4.36. The van der Waals surface area contributed by atoms with Crippen molar-refractivity contribution in [1.82, 2.24) is 4.90 Å². The number of hydrogen-bond donors (Lipinski definition) is 0. The average molecular weight is 367 g/mol. The van der Waals surface area contributed by atoms with Crippen molar-refractivity contribution in [2.45, 2.75) is 20.0 Å². The van der Waals surface area contributed by atoms with Gasteiger partial charge in [-0.2, -0.15) is 0 Å². The quantitative estimate of drug-likeness (QED) is 0.336. The van der Waals surface area contributed by atoms with Gasteiger partial charge in [0.15, 0.2) is 6.10 Å². The fraction of sp³-hybridized carbons (Fsp3) is 0.348. The molecule has 0 bridgehead atoms. The van der Waals surface area contributed by atoms with E-state index in [2.05, 4.69) is 18.7 Å². The second-order valence-corrected chi connectivity index (χ2v) is 6.18. The largest absolute Gasteiger partial charge is 0.452 e. The fourth-order valence-electron chi connectivity index (χ4n) is 2.70. The van der Waals surface area contributed by atoms with E-state index >= 15 is 0 Å². The van der Waals surface area contributed by atoms with Crippen molar-refractivity contribution < 1.29 is 14.3 Å². The minimum Gasteiger partial charge on any atom is -0.452 e. The molecule has 0 aliphatic carbocycles. The number of esters is 1. The van der Waals surface area contributed by atoms with Gasteiger partial charge in [0.2, 0.25) is 0 Å². The predicted octanol–water partition coefficient (Wildman–Crippen LogP) is 4.34. The van der Waals surface area contributed by atoms with Gasteiger partial charge in [0.05, 0.1) is 13.2 Å². The summed E-state index contributed by atoms with van der Waals surface area (Å²) in [6.07, 6.45) is 2.79. The number of benzene rings is 2. The number of ether oxygens (including phenoxy) is 2. The third-order valence-corrected chi connectivity index (χ3v) is 4.36. The molecule has 1 unspecified atom stereocenters. The molecule has 2 aromatic rings. The zero-order chi connectivity index (χ0) is 19.3. The van der Waals surface area contributed by atoms with Crippen molar-refractivity contribution in [1.29, 1.82) is 0 Å². The van der Waals surface area contributed by atoms with Crippen molar-refractivity contribution in [2.24, 2.45) is 0 Å². The highest BCUT2D eigenvalue weighted by atomic mass is 16.6. The molecule has 0 aliphatic heterocycles. The summed E-state index contributed by atoms with van der Waals surface area (Å²) in [5.41, 5.74) is 1.89. The summed E-state index contributed by atoms with van der Waals surface area (Å²) in [6.45, 7) is 8.10. The van der Waals surface area contributed by atoms with E-state index in [1.165, 1.54) is 6.08 Å². The Morgan fingerprint density at radius 1 is 1.00 bits per heavy atom.